The van der Waals surface area contributed by atoms with Gasteiger partial charge in [0.2, 0.25) is 5.78 Å². The number of esters is 3. The fraction of sp³-hybridized carbons (Fsp3) is 0.292. The normalized spacial score (nSPS) is 11.6. The van der Waals surface area contributed by atoms with E-state index < -0.39 is 35.7 Å². The molecule has 0 bridgehead atoms. The van der Waals surface area contributed by atoms with Crippen molar-refractivity contribution in [3.05, 3.63) is 52.1 Å². The van der Waals surface area contributed by atoms with Crippen LogP contribution < -0.4 is 5.32 Å². The molecular formula is C24H23ClN2O9. The van der Waals surface area contributed by atoms with Crippen LogP contribution in [0.5, 0.6) is 0 Å². The lowest BCUT2D eigenvalue weighted by atomic mass is 10.1. The standard InChI is InChI=1S/C24H23ClN2O9/c1-5-33-24(32)16-7-15(25)8-17-19(16)20(27-23(31)11(2)36-13(4)29)21(26-17)22(30)18-6-14(10-35-18)9-34-12(3)28/h6-8,10-11,26H,5,9H2,1-4H3,(H,27,31)/t11-/m0/s1. The fourth-order valence-corrected chi connectivity index (χ4v) is 3.59. The van der Waals surface area contributed by atoms with Gasteiger partial charge in [0, 0.05) is 29.8 Å². The van der Waals surface area contributed by atoms with Gasteiger partial charge < -0.3 is 28.9 Å². The maximum Gasteiger partial charge on any atom is 0.338 e. The van der Waals surface area contributed by atoms with E-state index in [-0.39, 0.29) is 51.8 Å². The first kappa shape index (κ1) is 26.5. The SMILES string of the molecule is CCOC(=O)c1cc(Cl)cc2[nH]c(C(=O)c3cc(COC(C)=O)co3)c(NC(=O)[C@H](C)OC(C)=O)c12. The van der Waals surface area contributed by atoms with E-state index in [0.29, 0.717) is 5.56 Å². The Morgan fingerprint density at radius 3 is 2.44 bits per heavy atom. The molecule has 11 nitrogen and oxygen atoms in total. The molecule has 2 N–H and O–H groups in total. The second-order valence-electron chi connectivity index (χ2n) is 7.64. The van der Waals surface area contributed by atoms with Gasteiger partial charge in [-0.15, -0.1) is 0 Å². The molecule has 0 saturated carbocycles. The fourth-order valence-electron chi connectivity index (χ4n) is 3.37. The molecule has 0 spiro atoms. The van der Waals surface area contributed by atoms with E-state index in [4.69, 9.17) is 30.2 Å². The molecule has 1 aromatic carbocycles. The number of hydrogen-bond donors (Lipinski definition) is 2. The zero-order chi connectivity index (χ0) is 26.6. The molecule has 0 aliphatic rings. The average molecular weight is 519 g/mol. The number of anilines is 1. The third-order valence-electron chi connectivity index (χ3n) is 4.87. The molecule has 1 amide bonds. The van der Waals surface area contributed by atoms with Crippen LogP contribution in [0.25, 0.3) is 10.9 Å². The summed E-state index contributed by atoms with van der Waals surface area (Å²) in [5.41, 5.74) is 0.497. The predicted molar refractivity (Wildman–Crippen MR) is 127 cm³/mol. The van der Waals surface area contributed by atoms with Gasteiger partial charge in [0.15, 0.2) is 11.9 Å². The molecule has 0 fully saturated rings. The molecule has 0 radical (unpaired) electrons. The number of amides is 1. The summed E-state index contributed by atoms with van der Waals surface area (Å²) >= 11 is 6.19. The second kappa shape index (κ2) is 11.1. The van der Waals surface area contributed by atoms with Crippen molar-refractivity contribution in [1.29, 1.82) is 0 Å². The number of fused-ring (bicyclic) bond motifs is 1. The lowest BCUT2D eigenvalue weighted by Gasteiger charge is -2.13. The van der Waals surface area contributed by atoms with Gasteiger partial charge in [0.1, 0.15) is 12.3 Å². The number of furan rings is 1. The first-order valence-electron chi connectivity index (χ1n) is 10.8. The van der Waals surface area contributed by atoms with Crippen LogP contribution in [0, 0.1) is 0 Å². The number of rotatable bonds is 9. The minimum absolute atomic E-state index is 0.0000754. The smallest absolute Gasteiger partial charge is 0.338 e. The van der Waals surface area contributed by atoms with Gasteiger partial charge in [0.25, 0.3) is 5.91 Å². The van der Waals surface area contributed by atoms with E-state index in [9.17, 15) is 24.0 Å². The third kappa shape index (κ3) is 5.92. The summed E-state index contributed by atoms with van der Waals surface area (Å²) in [5, 5.41) is 2.91. The van der Waals surface area contributed by atoms with Gasteiger partial charge in [0.05, 0.1) is 29.6 Å². The maximum absolute atomic E-state index is 13.4. The molecule has 0 aliphatic carbocycles. The van der Waals surface area contributed by atoms with Crippen LogP contribution in [0.15, 0.2) is 28.9 Å². The molecule has 0 saturated heterocycles. The van der Waals surface area contributed by atoms with Crippen molar-refractivity contribution in [3.8, 4) is 0 Å². The lowest BCUT2D eigenvalue weighted by Crippen LogP contribution is -2.29. The minimum Gasteiger partial charge on any atom is -0.462 e. The Morgan fingerprint density at radius 2 is 1.81 bits per heavy atom. The lowest BCUT2D eigenvalue weighted by molar-refractivity contribution is -0.150. The highest BCUT2D eigenvalue weighted by molar-refractivity contribution is 6.33. The van der Waals surface area contributed by atoms with Crippen molar-refractivity contribution >= 4 is 57.8 Å². The van der Waals surface area contributed by atoms with Crippen molar-refractivity contribution < 1.29 is 42.6 Å². The van der Waals surface area contributed by atoms with Crippen LogP contribution in [-0.2, 0) is 35.2 Å². The topological polar surface area (TPSA) is 154 Å². The monoisotopic (exact) mass is 518 g/mol. The molecule has 190 valence electrons. The minimum atomic E-state index is -1.20. The summed E-state index contributed by atoms with van der Waals surface area (Å²) < 4.78 is 20.3. The number of ether oxygens (including phenoxy) is 3. The van der Waals surface area contributed by atoms with Crippen molar-refractivity contribution in [3.63, 3.8) is 0 Å². The molecular weight excluding hydrogens is 496 g/mol. The molecule has 3 aromatic rings. The molecule has 36 heavy (non-hydrogen) atoms. The van der Waals surface area contributed by atoms with Gasteiger partial charge in [-0.3, -0.25) is 19.2 Å². The maximum atomic E-state index is 13.4. The number of nitrogens with one attached hydrogen (secondary N) is 2. The Morgan fingerprint density at radius 1 is 1.08 bits per heavy atom. The number of halogens is 1. The van der Waals surface area contributed by atoms with Crippen molar-refractivity contribution in [2.45, 2.75) is 40.4 Å². The van der Waals surface area contributed by atoms with Crippen molar-refractivity contribution in [1.82, 2.24) is 4.98 Å². The van der Waals surface area contributed by atoms with Gasteiger partial charge in [-0.25, -0.2) is 4.79 Å². The van der Waals surface area contributed by atoms with Crippen LogP contribution in [-0.4, -0.2) is 47.3 Å². The van der Waals surface area contributed by atoms with Gasteiger partial charge in [-0.05, 0) is 32.0 Å². The Kier molecular flexibility index (Phi) is 8.15. The summed E-state index contributed by atoms with van der Waals surface area (Å²) in [6, 6.07) is 4.19. The van der Waals surface area contributed by atoms with E-state index in [1.54, 1.807) is 6.92 Å². The van der Waals surface area contributed by atoms with Crippen LogP contribution in [0.3, 0.4) is 0 Å². The summed E-state index contributed by atoms with van der Waals surface area (Å²) in [5.74, 6) is -3.47. The first-order valence-corrected chi connectivity index (χ1v) is 11.2. The Balaban J connectivity index is 2.13. The number of aromatic amines is 1. The number of carbonyl (C=O) groups is 5. The Bertz CT molecular complexity index is 1360. The molecule has 3 rings (SSSR count). The summed E-state index contributed by atoms with van der Waals surface area (Å²) in [7, 11) is 0. The van der Waals surface area contributed by atoms with Crippen LogP contribution in [0.2, 0.25) is 5.02 Å². The van der Waals surface area contributed by atoms with Crippen molar-refractivity contribution in [2.75, 3.05) is 11.9 Å². The van der Waals surface area contributed by atoms with E-state index in [2.05, 4.69) is 10.3 Å². The Hall–Kier alpha value is -4.12. The van der Waals surface area contributed by atoms with Crippen LogP contribution >= 0.6 is 11.6 Å². The van der Waals surface area contributed by atoms with Gasteiger partial charge in [-0.2, -0.15) is 0 Å². The van der Waals surface area contributed by atoms with E-state index in [0.717, 1.165) is 6.92 Å². The molecule has 0 aliphatic heterocycles. The number of H-pyrrole nitrogens is 1. The largest absolute Gasteiger partial charge is 0.462 e. The number of ketones is 1. The third-order valence-corrected chi connectivity index (χ3v) is 5.08. The van der Waals surface area contributed by atoms with Crippen LogP contribution in [0.4, 0.5) is 5.69 Å². The number of aromatic nitrogens is 1. The number of benzene rings is 1. The van der Waals surface area contributed by atoms with E-state index in [1.807, 2.05) is 0 Å². The highest BCUT2D eigenvalue weighted by Gasteiger charge is 2.29. The average Bonchev–Trinajstić information content (AvgIpc) is 3.41. The molecule has 0 unspecified atom stereocenters. The van der Waals surface area contributed by atoms with Crippen molar-refractivity contribution in [2.24, 2.45) is 0 Å². The zero-order valence-corrected chi connectivity index (χ0v) is 20.6. The number of hydrogen-bond acceptors (Lipinski definition) is 9. The summed E-state index contributed by atoms with van der Waals surface area (Å²) in [6.45, 7) is 5.34. The second-order valence-corrected chi connectivity index (χ2v) is 8.08. The molecule has 2 aromatic heterocycles. The first-order chi connectivity index (χ1) is 17.0. The quantitative estimate of drug-likeness (QED) is 0.244. The highest BCUT2D eigenvalue weighted by atomic mass is 35.5. The van der Waals surface area contributed by atoms with E-state index in [1.165, 1.54) is 38.3 Å². The number of carbonyl (C=O) groups excluding carboxylic acids is 5. The summed E-state index contributed by atoms with van der Waals surface area (Å²) in [4.78, 5) is 64.1. The molecule has 2 heterocycles. The molecule has 1 atom stereocenters. The summed E-state index contributed by atoms with van der Waals surface area (Å²) in [6.07, 6.45) is 0.0495. The van der Waals surface area contributed by atoms with E-state index >= 15 is 0 Å². The van der Waals surface area contributed by atoms with Crippen LogP contribution in [0.1, 0.15) is 59.9 Å². The zero-order valence-electron chi connectivity index (χ0n) is 19.9. The molecule has 12 heteroatoms. The van der Waals surface area contributed by atoms with Gasteiger partial charge >= 0.3 is 17.9 Å². The highest BCUT2D eigenvalue weighted by Crippen LogP contribution is 2.35. The predicted octanol–water partition coefficient (Wildman–Crippen LogP) is 3.78. The Labute approximate surface area is 210 Å². The van der Waals surface area contributed by atoms with Gasteiger partial charge in [-0.1, -0.05) is 11.6 Å².